The minimum absolute atomic E-state index is 0. The molecule has 114 valence electrons. The van der Waals surface area contributed by atoms with Crippen molar-refractivity contribution in [3.63, 3.8) is 0 Å². The van der Waals surface area contributed by atoms with Crippen LogP contribution in [0.25, 0.3) is 33.1 Å². The Bertz CT molecular complexity index is 1100. The Morgan fingerprint density at radius 2 is 1.64 bits per heavy atom. The largest absolute Gasteiger partial charge is 1.00 e. The van der Waals surface area contributed by atoms with Crippen molar-refractivity contribution < 1.29 is 18.9 Å². The van der Waals surface area contributed by atoms with Crippen LogP contribution in [-0.4, -0.2) is 4.98 Å². The second-order valence-corrected chi connectivity index (χ2v) is 6.08. The Balaban J connectivity index is 0.00000157. The minimum atomic E-state index is 0. The second kappa shape index (κ2) is 6.41. The zero-order valence-corrected chi connectivity index (χ0v) is 14.1. The first kappa shape index (κ1) is 16.0. The van der Waals surface area contributed by atoms with Crippen molar-refractivity contribution in [1.29, 1.82) is 0 Å². The van der Waals surface area contributed by atoms with Crippen LogP contribution in [0.3, 0.4) is 0 Å². The summed E-state index contributed by atoms with van der Waals surface area (Å²) in [5.74, 6) is 0. The van der Waals surface area contributed by atoms with Gasteiger partial charge < -0.3 is 5.32 Å². The van der Waals surface area contributed by atoms with Crippen LogP contribution in [0, 0.1) is 0 Å². The number of hydrogen-bond donors (Lipinski definition) is 0. The Labute approximate surface area is 158 Å². The van der Waals surface area contributed by atoms with E-state index < -0.39 is 0 Å². The molecule has 0 spiro atoms. The van der Waals surface area contributed by atoms with Gasteiger partial charge in [-0.3, -0.25) is 4.98 Å². The number of fused-ring (bicyclic) bond motifs is 4. The number of nitrogens with zero attached hydrogens (tertiary/aromatic N) is 2. The summed E-state index contributed by atoms with van der Waals surface area (Å²) in [5, 5.41) is 8.69. The van der Waals surface area contributed by atoms with Crippen LogP contribution in [0.5, 0.6) is 0 Å². The van der Waals surface area contributed by atoms with E-state index in [-0.39, 0.29) is 24.9 Å². The Hall–Kier alpha value is -2.53. The van der Waals surface area contributed by atoms with Crippen molar-refractivity contribution in [3.05, 3.63) is 95.4 Å². The molecule has 1 unspecified atom stereocenters. The summed E-state index contributed by atoms with van der Waals surface area (Å²) < 4.78 is 0. The molecule has 0 bridgehead atoms. The number of benzene rings is 3. The fourth-order valence-electron chi connectivity index (χ4n) is 3.47. The Kier molecular flexibility index (Phi) is 4.09. The molecule has 0 fully saturated rings. The average molecular weight is 314 g/mol. The van der Waals surface area contributed by atoms with Gasteiger partial charge in [-0.2, -0.15) is 0 Å². The smallest absolute Gasteiger partial charge is 0.673 e. The van der Waals surface area contributed by atoms with Gasteiger partial charge in [0, 0.05) is 6.20 Å². The molecular formula is C22H15LiN2. The molecule has 1 aromatic heterocycles. The number of pyridine rings is 1. The molecule has 4 aromatic rings. The molecule has 3 aromatic carbocycles. The van der Waals surface area contributed by atoms with Crippen LogP contribution in [0.2, 0.25) is 0 Å². The van der Waals surface area contributed by atoms with E-state index in [1.54, 1.807) is 0 Å². The van der Waals surface area contributed by atoms with Crippen molar-refractivity contribution >= 4 is 33.4 Å². The number of rotatable bonds is 1. The van der Waals surface area contributed by atoms with Crippen LogP contribution in [-0.2, 0) is 0 Å². The molecule has 1 atom stereocenters. The first-order chi connectivity index (χ1) is 11.9. The Morgan fingerprint density at radius 1 is 0.800 bits per heavy atom. The molecule has 5 rings (SSSR count). The van der Waals surface area contributed by atoms with E-state index >= 15 is 0 Å². The van der Waals surface area contributed by atoms with E-state index in [0.717, 1.165) is 22.2 Å². The van der Waals surface area contributed by atoms with Gasteiger partial charge in [0.25, 0.3) is 0 Å². The maximum absolute atomic E-state index is 5.04. The van der Waals surface area contributed by atoms with E-state index in [1.807, 2.05) is 12.3 Å². The first-order valence-corrected chi connectivity index (χ1v) is 8.15. The summed E-state index contributed by atoms with van der Waals surface area (Å²) in [6.07, 6.45) is 6.19. The molecule has 25 heavy (non-hydrogen) atoms. The van der Waals surface area contributed by atoms with Gasteiger partial charge in [-0.15, -0.1) is 5.69 Å². The molecule has 2 heterocycles. The monoisotopic (exact) mass is 314 g/mol. The summed E-state index contributed by atoms with van der Waals surface area (Å²) in [4.78, 5) is 4.56. The summed E-state index contributed by atoms with van der Waals surface area (Å²) >= 11 is 0. The van der Waals surface area contributed by atoms with E-state index in [4.69, 9.17) is 5.32 Å². The summed E-state index contributed by atoms with van der Waals surface area (Å²) in [6, 6.07) is 23.2. The zero-order chi connectivity index (χ0) is 15.9. The van der Waals surface area contributed by atoms with Crippen LogP contribution < -0.4 is 18.9 Å². The molecule has 0 saturated carbocycles. The maximum atomic E-state index is 5.04. The SMILES string of the molecule is C1=CC(c2cccc3ccccc23)[N-]c2c1ccc1cccnc21.[Li+]. The van der Waals surface area contributed by atoms with Crippen molar-refractivity contribution in [2.45, 2.75) is 6.04 Å². The summed E-state index contributed by atoms with van der Waals surface area (Å²) in [5.41, 5.74) is 4.35. The van der Waals surface area contributed by atoms with Crippen molar-refractivity contribution in [2.75, 3.05) is 0 Å². The van der Waals surface area contributed by atoms with Crippen molar-refractivity contribution in [3.8, 4) is 0 Å². The quantitative estimate of drug-likeness (QED) is 0.496. The molecule has 1 aliphatic heterocycles. The van der Waals surface area contributed by atoms with Gasteiger partial charge in [0.15, 0.2) is 0 Å². The standard InChI is InChI=1S/C22H15N2.Li/c1-2-8-18-15(5-1)6-3-9-19(18)20-13-12-17-11-10-16-7-4-14-23-21(16)22(17)24-20;/h1-14,20H;/q-1;+1. The molecule has 2 nitrogen and oxygen atoms in total. The van der Waals surface area contributed by atoms with Crippen LogP contribution >= 0.6 is 0 Å². The van der Waals surface area contributed by atoms with Gasteiger partial charge >= 0.3 is 18.9 Å². The van der Waals surface area contributed by atoms with E-state index in [9.17, 15) is 0 Å². The maximum Gasteiger partial charge on any atom is 1.00 e. The third kappa shape index (κ3) is 2.64. The van der Waals surface area contributed by atoms with E-state index in [0.29, 0.717) is 0 Å². The zero-order valence-electron chi connectivity index (χ0n) is 14.1. The van der Waals surface area contributed by atoms with Crippen molar-refractivity contribution in [2.24, 2.45) is 0 Å². The molecule has 0 aliphatic carbocycles. The molecule has 3 heteroatoms. The van der Waals surface area contributed by atoms with Gasteiger partial charge in [0.05, 0.1) is 5.52 Å². The van der Waals surface area contributed by atoms with Crippen LogP contribution in [0.1, 0.15) is 17.2 Å². The summed E-state index contributed by atoms with van der Waals surface area (Å²) in [6.45, 7) is 0. The summed E-state index contributed by atoms with van der Waals surface area (Å²) in [7, 11) is 0. The predicted octanol–water partition coefficient (Wildman–Crippen LogP) is 3.17. The average Bonchev–Trinajstić information content (AvgIpc) is 2.67. The second-order valence-electron chi connectivity index (χ2n) is 6.08. The molecule has 0 amide bonds. The first-order valence-electron chi connectivity index (χ1n) is 8.15. The Morgan fingerprint density at radius 3 is 2.60 bits per heavy atom. The topological polar surface area (TPSA) is 27.0 Å². The van der Waals surface area contributed by atoms with E-state index in [2.05, 4.69) is 77.8 Å². The number of hydrogen-bond acceptors (Lipinski definition) is 1. The van der Waals surface area contributed by atoms with Gasteiger partial charge in [-0.1, -0.05) is 84.4 Å². The van der Waals surface area contributed by atoms with Crippen molar-refractivity contribution in [1.82, 2.24) is 4.98 Å². The van der Waals surface area contributed by atoms with Gasteiger partial charge in [-0.05, 0) is 27.8 Å². The van der Waals surface area contributed by atoms with Crippen LogP contribution in [0.4, 0.5) is 5.69 Å². The molecule has 0 N–H and O–H groups in total. The third-order valence-corrected chi connectivity index (χ3v) is 4.65. The number of aromatic nitrogens is 1. The van der Waals surface area contributed by atoms with E-state index in [1.165, 1.54) is 16.3 Å². The normalized spacial score (nSPS) is 15.4. The molecule has 0 saturated heterocycles. The molecule has 1 aliphatic rings. The fourth-order valence-corrected chi connectivity index (χ4v) is 3.47. The third-order valence-electron chi connectivity index (χ3n) is 4.65. The van der Waals surface area contributed by atoms with Crippen LogP contribution in [0.15, 0.2) is 79.0 Å². The minimum Gasteiger partial charge on any atom is -0.673 e. The molecule has 0 radical (unpaired) electrons. The van der Waals surface area contributed by atoms with Gasteiger partial charge in [-0.25, -0.2) is 0 Å². The predicted molar refractivity (Wildman–Crippen MR) is 100 cm³/mol. The molecular weight excluding hydrogens is 299 g/mol. The fraction of sp³-hybridized carbons (Fsp3) is 0.0455. The van der Waals surface area contributed by atoms with Gasteiger partial charge in [0.1, 0.15) is 0 Å². The van der Waals surface area contributed by atoms with Gasteiger partial charge in [0.2, 0.25) is 0 Å².